The lowest BCUT2D eigenvalue weighted by molar-refractivity contribution is -0.120. The molecule has 5 nitrogen and oxygen atoms in total. The number of hydrogen-bond acceptors (Lipinski definition) is 2. The Morgan fingerprint density at radius 2 is 0.757 bits per heavy atom. The molecule has 1 aliphatic heterocycles. The monoisotopic (exact) mass is 956 g/mol. The fourth-order valence-corrected chi connectivity index (χ4v) is 12.2. The van der Waals surface area contributed by atoms with Crippen molar-refractivity contribution in [2.45, 2.75) is 39.0 Å². The molecule has 4 heterocycles. The number of benzene rings is 10. The number of fused-ring (bicyclic) bond motifs is 9. The number of ether oxygens (including phenoxy) is 1. The lowest BCUT2D eigenvalue weighted by Crippen LogP contribution is -2.41. The predicted molar refractivity (Wildman–Crippen MR) is 310 cm³/mol. The Hall–Kier alpha value is -8.64. The molecule has 358 valence electrons. The van der Waals surface area contributed by atoms with Crippen LogP contribution in [0.15, 0.2) is 237 Å². The molecule has 3 aromatic heterocycles. The van der Waals surface area contributed by atoms with E-state index in [1.54, 1.807) is 0 Å². The maximum atomic E-state index is 5.61. The SMILES string of the molecule is CCC1(CCCc2cccc(Cc3ccc4c5ccccc5n(-c5ccc(N(c6ccc(-n7c8ccccc8c8ccccc87)cc6)c6ccc(-n7c8ccccc8c8ccccc87)cc6)cc5)c4c3)c2)COC1. The highest BCUT2D eigenvalue weighted by Crippen LogP contribution is 2.41. The van der Waals surface area contributed by atoms with Crippen LogP contribution < -0.4 is 4.90 Å². The number of para-hydroxylation sites is 5. The second kappa shape index (κ2) is 18.1. The molecular formula is C69H56N4O. The minimum absolute atomic E-state index is 0.399. The van der Waals surface area contributed by atoms with Crippen molar-refractivity contribution in [2.75, 3.05) is 18.1 Å². The Kier molecular flexibility index (Phi) is 10.8. The van der Waals surface area contributed by atoms with Gasteiger partial charge in [-0.1, -0.05) is 134 Å². The van der Waals surface area contributed by atoms with Gasteiger partial charge in [-0.25, -0.2) is 0 Å². The maximum Gasteiger partial charge on any atom is 0.0544 e. The van der Waals surface area contributed by atoms with Gasteiger partial charge in [0.25, 0.3) is 0 Å². The number of aromatic nitrogens is 3. The molecule has 1 aliphatic rings. The lowest BCUT2D eigenvalue weighted by atomic mass is 9.78. The van der Waals surface area contributed by atoms with Crippen molar-refractivity contribution < 1.29 is 4.74 Å². The largest absolute Gasteiger partial charge is 0.380 e. The van der Waals surface area contributed by atoms with Crippen LogP contribution in [0.25, 0.3) is 82.5 Å². The number of rotatable bonds is 13. The molecule has 74 heavy (non-hydrogen) atoms. The molecule has 0 radical (unpaired) electrons. The first-order valence-corrected chi connectivity index (χ1v) is 26.4. The molecule has 14 rings (SSSR count). The van der Waals surface area contributed by atoms with Crippen LogP contribution in [0.3, 0.4) is 0 Å². The smallest absolute Gasteiger partial charge is 0.0544 e. The first kappa shape index (κ1) is 44.1. The van der Waals surface area contributed by atoms with E-state index in [1.165, 1.54) is 101 Å². The van der Waals surface area contributed by atoms with Gasteiger partial charge in [-0.3, -0.25) is 0 Å². The van der Waals surface area contributed by atoms with Crippen molar-refractivity contribution in [3.63, 3.8) is 0 Å². The molecule has 10 aromatic carbocycles. The molecule has 0 aliphatic carbocycles. The zero-order valence-electron chi connectivity index (χ0n) is 41.7. The summed E-state index contributed by atoms with van der Waals surface area (Å²) in [7, 11) is 0. The van der Waals surface area contributed by atoms with Gasteiger partial charge in [0.05, 0.1) is 46.3 Å². The summed E-state index contributed by atoms with van der Waals surface area (Å²) >= 11 is 0. The zero-order valence-corrected chi connectivity index (χ0v) is 41.7. The summed E-state index contributed by atoms with van der Waals surface area (Å²) in [6, 6.07) is 87.3. The van der Waals surface area contributed by atoms with Gasteiger partial charge < -0.3 is 23.3 Å². The van der Waals surface area contributed by atoms with Gasteiger partial charge in [0.15, 0.2) is 0 Å². The van der Waals surface area contributed by atoms with Gasteiger partial charge in [0.1, 0.15) is 0 Å². The van der Waals surface area contributed by atoms with Crippen LogP contribution >= 0.6 is 0 Å². The first-order chi connectivity index (χ1) is 36.6. The number of anilines is 3. The molecule has 0 amide bonds. The van der Waals surface area contributed by atoms with Crippen molar-refractivity contribution in [3.8, 4) is 17.1 Å². The van der Waals surface area contributed by atoms with Crippen LogP contribution in [0.4, 0.5) is 17.1 Å². The maximum absolute atomic E-state index is 5.61. The molecule has 0 N–H and O–H groups in total. The molecule has 5 heteroatoms. The Bertz CT molecular complexity index is 3940. The number of nitrogens with zero attached hydrogens (tertiary/aromatic N) is 4. The van der Waals surface area contributed by atoms with Crippen molar-refractivity contribution in [3.05, 3.63) is 253 Å². The summed E-state index contributed by atoms with van der Waals surface area (Å²) in [6.07, 6.45) is 5.64. The Morgan fingerprint density at radius 1 is 0.378 bits per heavy atom. The fourth-order valence-electron chi connectivity index (χ4n) is 12.2. The third kappa shape index (κ3) is 7.49. The molecular weight excluding hydrogens is 901 g/mol. The highest BCUT2D eigenvalue weighted by molar-refractivity contribution is 6.11. The predicted octanol–water partition coefficient (Wildman–Crippen LogP) is 17.8. The summed E-state index contributed by atoms with van der Waals surface area (Å²) in [4.78, 5) is 2.39. The molecule has 0 bridgehead atoms. The van der Waals surface area contributed by atoms with Crippen LogP contribution in [-0.2, 0) is 17.6 Å². The summed E-state index contributed by atoms with van der Waals surface area (Å²) < 4.78 is 12.8. The minimum atomic E-state index is 0.399. The number of aryl methyl sites for hydroxylation is 1. The molecule has 13 aromatic rings. The highest BCUT2D eigenvalue weighted by atomic mass is 16.5. The third-order valence-corrected chi connectivity index (χ3v) is 16.1. The Balaban J connectivity index is 0.833. The molecule has 0 spiro atoms. The summed E-state index contributed by atoms with van der Waals surface area (Å²) in [6.45, 7) is 4.16. The Morgan fingerprint density at radius 3 is 1.16 bits per heavy atom. The van der Waals surface area contributed by atoms with E-state index in [0.29, 0.717) is 5.41 Å². The Labute approximate surface area is 431 Å². The van der Waals surface area contributed by atoms with Gasteiger partial charge in [0, 0.05) is 71.9 Å². The second-order valence-corrected chi connectivity index (χ2v) is 20.5. The standard InChI is InChI=1S/C69H56N4O/c1-2-69(46-74-47-69)42-14-17-48-15-13-16-49(43-48)44-50-28-41-62-61-22-7-12-27-67(61)73(68(62)45-50)56-39-33-53(34-40-56)70(51-29-35-54(36-30-51)71-63-23-8-3-18-57(63)58-19-4-9-24-64(58)71)52-31-37-55(38-32-52)72-65-25-10-5-20-59(65)60-21-6-11-26-66(60)72/h3-13,15-16,18-41,43,45H,2,14,17,42,44,46-47H2,1H3. The van der Waals surface area contributed by atoms with Crippen LogP contribution in [0.5, 0.6) is 0 Å². The minimum Gasteiger partial charge on any atom is -0.380 e. The van der Waals surface area contributed by atoms with Gasteiger partial charge in [-0.2, -0.15) is 0 Å². The van der Waals surface area contributed by atoms with Gasteiger partial charge in [-0.15, -0.1) is 0 Å². The van der Waals surface area contributed by atoms with Crippen molar-refractivity contribution >= 4 is 82.5 Å². The van der Waals surface area contributed by atoms with Gasteiger partial charge in [-0.05, 0) is 158 Å². The zero-order chi connectivity index (χ0) is 49.2. The van der Waals surface area contributed by atoms with Crippen molar-refractivity contribution in [2.24, 2.45) is 5.41 Å². The molecule has 0 saturated carbocycles. The van der Waals surface area contributed by atoms with E-state index in [9.17, 15) is 0 Å². The van der Waals surface area contributed by atoms with Gasteiger partial charge in [0.2, 0.25) is 0 Å². The van der Waals surface area contributed by atoms with E-state index in [0.717, 1.165) is 60.2 Å². The highest BCUT2D eigenvalue weighted by Gasteiger charge is 2.35. The quantitative estimate of drug-likeness (QED) is 0.115. The topological polar surface area (TPSA) is 27.3 Å². The average Bonchev–Trinajstić information content (AvgIpc) is 4.11. The summed E-state index contributed by atoms with van der Waals surface area (Å²) in [5, 5.41) is 7.55. The van der Waals surface area contributed by atoms with Crippen molar-refractivity contribution in [1.29, 1.82) is 0 Å². The van der Waals surface area contributed by atoms with Gasteiger partial charge >= 0.3 is 0 Å². The fraction of sp³-hybridized carbons (Fsp3) is 0.130. The third-order valence-electron chi connectivity index (χ3n) is 16.1. The average molecular weight is 957 g/mol. The molecule has 0 atom stereocenters. The van der Waals surface area contributed by atoms with Crippen LogP contribution in [-0.4, -0.2) is 26.9 Å². The van der Waals surface area contributed by atoms with E-state index in [1.807, 2.05) is 0 Å². The van der Waals surface area contributed by atoms with Crippen molar-refractivity contribution in [1.82, 2.24) is 13.7 Å². The number of hydrogen-bond donors (Lipinski definition) is 0. The summed E-state index contributed by atoms with van der Waals surface area (Å²) in [5.74, 6) is 0. The van der Waals surface area contributed by atoms with E-state index in [4.69, 9.17) is 4.74 Å². The molecule has 0 unspecified atom stereocenters. The van der Waals surface area contributed by atoms with E-state index in [2.05, 4.69) is 262 Å². The van der Waals surface area contributed by atoms with E-state index in [-0.39, 0.29) is 0 Å². The molecule has 1 saturated heterocycles. The van der Waals surface area contributed by atoms with Crippen LogP contribution in [0, 0.1) is 5.41 Å². The normalized spacial score (nSPS) is 13.4. The molecule has 1 fully saturated rings. The van der Waals surface area contributed by atoms with Crippen LogP contribution in [0.1, 0.15) is 42.9 Å². The lowest BCUT2D eigenvalue weighted by Gasteiger charge is -2.41. The van der Waals surface area contributed by atoms with E-state index >= 15 is 0 Å². The van der Waals surface area contributed by atoms with E-state index < -0.39 is 0 Å². The second-order valence-electron chi connectivity index (χ2n) is 20.5. The first-order valence-electron chi connectivity index (χ1n) is 26.4. The van der Waals surface area contributed by atoms with Crippen LogP contribution in [0.2, 0.25) is 0 Å². The summed E-state index contributed by atoms with van der Waals surface area (Å²) in [5.41, 5.74) is 18.3.